The molecule has 0 bridgehead atoms. The summed E-state index contributed by atoms with van der Waals surface area (Å²) in [6.07, 6.45) is 12.1. The van der Waals surface area contributed by atoms with Gasteiger partial charge in [-0.15, -0.1) is 11.8 Å². The highest BCUT2D eigenvalue weighted by Gasteiger charge is 2.36. The molecule has 4 heteroatoms. The first kappa shape index (κ1) is 15.7. The summed E-state index contributed by atoms with van der Waals surface area (Å²) in [5, 5.41) is 9.31. The Morgan fingerprint density at radius 3 is 2.20 bits per heavy atom. The van der Waals surface area contributed by atoms with Gasteiger partial charge in [-0.25, -0.2) is 0 Å². The molecule has 0 unspecified atom stereocenters. The monoisotopic (exact) mass is 294 g/mol. The van der Waals surface area contributed by atoms with E-state index in [4.69, 9.17) is 0 Å². The third-order valence-electron chi connectivity index (χ3n) is 4.93. The van der Waals surface area contributed by atoms with E-state index in [0.29, 0.717) is 5.91 Å². The van der Waals surface area contributed by atoms with Gasteiger partial charge in [-0.2, -0.15) is 5.26 Å². The van der Waals surface area contributed by atoms with E-state index in [1.165, 1.54) is 32.1 Å². The van der Waals surface area contributed by atoms with E-state index >= 15 is 0 Å². The van der Waals surface area contributed by atoms with Crippen molar-refractivity contribution in [1.29, 1.82) is 5.26 Å². The molecule has 20 heavy (non-hydrogen) atoms. The van der Waals surface area contributed by atoms with Crippen molar-refractivity contribution >= 4 is 17.7 Å². The third kappa shape index (κ3) is 3.69. The zero-order valence-corrected chi connectivity index (χ0v) is 13.4. The van der Waals surface area contributed by atoms with Crippen LogP contribution in [0.25, 0.3) is 0 Å². The molecule has 1 saturated heterocycles. The normalized spacial score (nSPS) is 24.5. The van der Waals surface area contributed by atoms with Gasteiger partial charge in [-0.1, -0.05) is 32.1 Å². The van der Waals surface area contributed by atoms with Crippen LogP contribution in [0.5, 0.6) is 0 Å². The van der Waals surface area contributed by atoms with Crippen LogP contribution in [-0.2, 0) is 4.79 Å². The minimum absolute atomic E-state index is 0.249. The summed E-state index contributed by atoms with van der Waals surface area (Å²) in [4.78, 5) is 14.7. The summed E-state index contributed by atoms with van der Waals surface area (Å²) in [6, 6.07) is 2.45. The number of rotatable bonds is 2. The maximum Gasteiger partial charge on any atom is 0.225 e. The second kappa shape index (κ2) is 7.36. The van der Waals surface area contributed by atoms with Gasteiger partial charge < -0.3 is 4.90 Å². The molecule has 0 aromatic carbocycles. The lowest BCUT2D eigenvalue weighted by atomic mass is 9.89. The summed E-state index contributed by atoms with van der Waals surface area (Å²) < 4.78 is -0.252. The highest BCUT2D eigenvalue weighted by atomic mass is 32.2. The molecule has 1 saturated carbocycles. The highest BCUT2D eigenvalue weighted by Crippen LogP contribution is 2.35. The van der Waals surface area contributed by atoms with Crippen molar-refractivity contribution in [3.63, 3.8) is 0 Å². The van der Waals surface area contributed by atoms with Gasteiger partial charge in [0.1, 0.15) is 4.75 Å². The molecular formula is C16H26N2OS. The lowest BCUT2D eigenvalue weighted by molar-refractivity contribution is -0.137. The molecule has 3 nitrogen and oxygen atoms in total. The van der Waals surface area contributed by atoms with Gasteiger partial charge >= 0.3 is 0 Å². The molecule has 2 aliphatic rings. The summed E-state index contributed by atoms with van der Waals surface area (Å²) in [5.74, 6) is 0.610. The van der Waals surface area contributed by atoms with Crippen LogP contribution in [0.3, 0.4) is 0 Å². The Morgan fingerprint density at radius 1 is 1.15 bits per heavy atom. The van der Waals surface area contributed by atoms with Crippen molar-refractivity contribution in [2.75, 3.05) is 19.3 Å². The molecule has 112 valence electrons. The molecule has 2 rings (SSSR count). The minimum atomic E-state index is -0.252. The predicted octanol–water partition coefficient (Wildman–Crippen LogP) is 3.59. The Balaban J connectivity index is 1.89. The Kier molecular flexibility index (Phi) is 5.77. The lowest BCUT2D eigenvalue weighted by Crippen LogP contribution is -2.46. The number of thioether (sulfide) groups is 1. The van der Waals surface area contributed by atoms with Crippen LogP contribution < -0.4 is 0 Å². The smallest absolute Gasteiger partial charge is 0.225 e. The van der Waals surface area contributed by atoms with Gasteiger partial charge in [0.25, 0.3) is 0 Å². The van der Waals surface area contributed by atoms with Crippen molar-refractivity contribution in [3.05, 3.63) is 0 Å². The Hall–Kier alpha value is -0.690. The van der Waals surface area contributed by atoms with Gasteiger partial charge in [0.15, 0.2) is 0 Å². The summed E-state index contributed by atoms with van der Waals surface area (Å²) in [5.41, 5.74) is 0. The van der Waals surface area contributed by atoms with E-state index in [9.17, 15) is 10.1 Å². The van der Waals surface area contributed by atoms with E-state index < -0.39 is 0 Å². The van der Waals surface area contributed by atoms with Crippen LogP contribution in [0, 0.1) is 17.2 Å². The lowest BCUT2D eigenvalue weighted by Gasteiger charge is -2.38. The maximum atomic E-state index is 12.6. The SMILES string of the molecule is CSC1(C#N)CCN(C(=O)C2CCCCCCC2)CC1. The number of likely N-dealkylation sites (tertiary alicyclic amines) is 1. The standard InChI is InChI=1S/C16H26N2OS/c1-20-16(13-17)9-11-18(12-10-16)15(19)14-7-5-3-2-4-6-8-14/h14H,2-12H2,1H3. The second-order valence-corrected chi connectivity index (χ2v) is 7.37. The van der Waals surface area contributed by atoms with Crippen LogP contribution in [0.4, 0.5) is 0 Å². The number of amides is 1. The fourth-order valence-corrected chi connectivity index (χ4v) is 4.09. The first-order valence-corrected chi connectivity index (χ1v) is 9.18. The van der Waals surface area contributed by atoms with Crippen LogP contribution in [0.1, 0.15) is 57.8 Å². The zero-order chi connectivity index (χ0) is 14.4. The topological polar surface area (TPSA) is 44.1 Å². The zero-order valence-electron chi connectivity index (χ0n) is 12.6. The number of nitrogens with zero attached hydrogens (tertiary/aromatic N) is 2. The van der Waals surface area contributed by atoms with Gasteiger partial charge in [0.05, 0.1) is 6.07 Å². The molecule has 0 aromatic heterocycles. The molecule has 1 heterocycles. The van der Waals surface area contributed by atoms with Crippen molar-refractivity contribution in [2.45, 2.75) is 62.5 Å². The van der Waals surface area contributed by atoms with Crippen molar-refractivity contribution in [3.8, 4) is 6.07 Å². The Labute approximate surface area is 127 Å². The van der Waals surface area contributed by atoms with Gasteiger partial charge in [0.2, 0.25) is 5.91 Å². The minimum Gasteiger partial charge on any atom is -0.342 e. The molecule has 0 atom stereocenters. The number of nitriles is 1. The summed E-state index contributed by atoms with van der Waals surface area (Å²) in [6.45, 7) is 1.54. The van der Waals surface area contributed by atoms with Gasteiger partial charge in [-0.3, -0.25) is 4.79 Å². The molecule has 0 radical (unpaired) electrons. The maximum absolute atomic E-state index is 12.6. The van der Waals surface area contributed by atoms with Crippen LogP contribution in [-0.4, -0.2) is 34.9 Å². The Morgan fingerprint density at radius 2 is 1.70 bits per heavy atom. The third-order valence-corrected chi connectivity index (χ3v) is 6.21. The highest BCUT2D eigenvalue weighted by molar-refractivity contribution is 8.00. The van der Waals surface area contributed by atoms with Crippen molar-refractivity contribution < 1.29 is 4.79 Å². The number of hydrogen-bond donors (Lipinski definition) is 0. The first-order chi connectivity index (χ1) is 9.71. The van der Waals surface area contributed by atoms with Crippen LogP contribution in [0.15, 0.2) is 0 Å². The average Bonchev–Trinajstić information content (AvgIpc) is 2.46. The predicted molar refractivity (Wildman–Crippen MR) is 83.5 cm³/mol. The van der Waals surface area contributed by atoms with Gasteiger partial charge in [-0.05, 0) is 31.9 Å². The van der Waals surface area contributed by atoms with Crippen LogP contribution >= 0.6 is 11.8 Å². The average molecular weight is 294 g/mol. The quantitative estimate of drug-likeness (QED) is 0.781. The molecule has 1 aliphatic carbocycles. The number of piperidine rings is 1. The fourth-order valence-electron chi connectivity index (χ4n) is 3.41. The molecule has 0 N–H and O–H groups in total. The van der Waals surface area contributed by atoms with Crippen molar-refractivity contribution in [2.24, 2.45) is 5.92 Å². The number of carbonyl (C=O) groups is 1. The van der Waals surface area contributed by atoms with Crippen LogP contribution in [0.2, 0.25) is 0 Å². The summed E-state index contributed by atoms with van der Waals surface area (Å²) in [7, 11) is 0. The second-order valence-electron chi connectivity index (χ2n) is 6.18. The van der Waals surface area contributed by atoms with E-state index in [1.807, 2.05) is 11.2 Å². The van der Waals surface area contributed by atoms with E-state index in [2.05, 4.69) is 6.07 Å². The largest absolute Gasteiger partial charge is 0.342 e. The first-order valence-electron chi connectivity index (χ1n) is 7.96. The molecule has 1 amide bonds. The van der Waals surface area contributed by atoms with E-state index in [0.717, 1.165) is 38.8 Å². The van der Waals surface area contributed by atoms with E-state index in [-0.39, 0.29) is 10.7 Å². The van der Waals surface area contributed by atoms with E-state index in [1.54, 1.807) is 11.8 Å². The van der Waals surface area contributed by atoms with Gasteiger partial charge in [0, 0.05) is 19.0 Å². The molecule has 2 fully saturated rings. The molecule has 0 aromatic rings. The molecular weight excluding hydrogens is 268 g/mol. The number of carbonyl (C=O) groups excluding carboxylic acids is 1. The molecule has 1 aliphatic heterocycles. The Bertz CT molecular complexity index is 361. The fraction of sp³-hybridized carbons (Fsp3) is 0.875. The van der Waals surface area contributed by atoms with Crippen molar-refractivity contribution in [1.82, 2.24) is 4.90 Å². The molecule has 0 spiro atoms. The number of hydrogen-bond acceptors (Lipinski definition) is 3. The summed E-state index contributed by atoms with van der Waals surface area (Å²) >= 11 is 1.65.